The van der Waals surface area contributed by atoms with Crippen molar-refractivity contribution in [3.8, 4) is 17.2 Å². The molecule has 0 bridgehead atoms. The summed E-state index contributed by atoms with van der Waals surface area (Å²) in [5.74, 6) is 3.93. The summed E-state index contributed by atoms with van der Waals surface area (Å²) in [6.45, 7) is 4.92. The molecule has 0 unspecified atom stereocenters. The average molecular weight is 345 g/mol. The molecule has 3 rings (SSSR count). The van der Waals surface area contributed by atoms with Gasteiger partial charge in [0, 0.05) is 25.6 Å². The van der Waals surface area contributed by atoms with E-state index in [9.17, 15) is 0 Å². The van der Waals surface area contributed by atoms with Crippen molar-refractivity contribution in [3.63, 3.8) is 0 Å². The highest BCUT2D eigenvalue weighted by Gasteiger charge is 2.13. The molecule has 2 heterocycles. The van der Waals surface area contributed by atoms with Gasteiger partial charge in [-0.2, -0.15) is 0 Å². The highest BCUT2D eigenvalue weighted by atomic mass is 16.7. The molecule has 1 aliphatic heterocycles. The van der Waals surface area contributed by atoms with E-state index in [1.54, 1.807) is 6.26 Å². The summed E-state index contributed by atoms with van der Waals surface area (Å²) in [6.07, 6.45) is 2.45. The van der Waals surface area contributed by atoms with Crippen LogP contribution in [0.5, 0.6) is 17.2 Å². The number of aliphatic imine (C=N–C) groups is 1. The molecule has 0 amide bonds. The maximum atomic E-state index is 5.73. The first-order valence-electron chi connectivity index (χ1n) is 8.42. The van der Waals surface area contributed by atoms with Crippen molar-refractivity contribution in [3.05, 3.63) is 42.4 Å². The Morgan fingerprint density at radius 3 is 2.96 bits per heavy atom. The molecule has 0 spiro atoms. The molecular formula is C18H23N3O4. The van der Waals surface area contributed by atoms with Gasteiger partial charge >= 0.3 is 0 Å². The SMILES string of the molecule is CCNC(=NCCc1ccco1)NCCOc1ccc2c(c1)OCO2. The van der Waals surface area contributed by atoms with Gasteiger partial charge in [0.05, 0.1) is 12.8 Å². The van der Waals surface area contributed by atoms with Crippen molar-refractivity contribution in [1.82, 2.24) is 10.6 Å². The third kappa shape index (κ3) is 5.07. The van der Waals surface area contributed by atoms with Crippen LogP contribution in [0, 0.1) is 0 Å². The fourth-order valence-corrected chi connectivity index (χ4v) is 2.38. The Morgan fingerprint density at radius 2 is 2.12 bits per heavy atom. The molecule has 1 aromatic carbocycles. The van der Waals surface area contributed by atoms with Crippen molar-refractivity contribution in [2.24, 2.45) is 4.99 Å². The summed E-state index contributed by atoms with van der Waals surface area (Å²) >= 11 is 0. The number of hydrogen-bond acceptors (Lipinski definition) is 5. The Hall–Kier alpha value is -2.83. The van der Waals surface area contributed by atoms with Crippen LogP contribution >= 0.6 is 0 Å². The standard InChI is InChI=1S/C18H23N3O4/c1-2-19-18(20-8-7-14-4-3-10-22-14)21-9-11-23-15-5-6-16-17(12-15)25-13-24-16/h3-6,10,12H,2,7-9,11,13H2,1H3,(H2,19,20,21). The molecule has 2 N–H and O–H groups in total. The number of furan rings is 1. The minimum absolute atomic E-state index is 0.265. The minimum Gasteiger partial charge on any atom is -0.492 e. The lowest BCUT2D eigenvalue weighted by Gasteiger charge is -2.12. The number of hydrogen-bond donors (Lipinski definition) is 2. The quantitative estimate of drug-likeness (QED) is 0.434. The van der Waals surface area contributed by atoms with Gasteiger partial charge < -0.3 is 29.3 Å². The Bertz CT molecular complexity index is 686. The van der Waals surface area contributed by atoms with E-state index in [2.05, 4.69) is 15.6 Å². The summed E-state index contributed by atoms with van der Waals surface area (Å²) in [4.78, 5) is 4.52. The van der Waals surface area contributed by atoms with Crippen LogP contribution in [0.15, 0.2) is 46.0 Å². The van der Waals surface area contributed by atoms with Gasteiger partial charge in [0.25, 0.3) is 0 Å². The topological polar surface area (TPSA) is 77.3 Å². The Morgan fingerprint density at radius 1 is 1.20 bits per heavy atom. The molecule has 0 saturated heterocycles. The molecular weight excluding hydrogens is 322 g/mol. The molecule has 0 saturated carbocycles. The zero-order chi connectivity index (χ0) is 17.3. The van der Waals surface area contributed by atoms with Gasteiger partial charge in [0.15, 0.2) is 17.5 Å². The van der Waals surface area contributed by atoms with Gasteiger partial charge in [0.2, 0.25) is 6.79 Å². The number of nitrogens with one attached hydrogen (secondary N) is 2. The van der Waals surface area contributed by atoms with Crippen LogP contribution in [0.1, 0.15) is 12.7 Å². The third-order valence-electron chi connectivity index (χ3n) is 3.56. The summed E-state index contributed by atoms with van der Waals surface area (Å²) < 4.78 is 21.6. The molecule has 25 heavy (non-hydrogen) atoms. The Kier molecular flexibility index (Phi) is 6.03. The van der Waals surface area contributed by atoms with E-state index in [-0.39, 0.29) is 6.79 Å². The second-order valence-corrected chi connectivity index (χ2v) is 5.38. The van der Waals surface area contributed by atoms with Gasteiger partial charge in [0.1, 0.15) is 18.1 Å². The van der Waals surface area contributed by atoms with Gasteiger partial charge in [-0.25, -0.2) is 0 Å². The van der Waals surface area contributed by atoms with E-state index in [0.717, 1.165) is 41.9 Å². The van der Waals surface area contributed by atoms with Crippen molar-refractivity contribution in [2.75, 3.05) is 33.0 Å². The Labute approximate surface area is 147 Å². The third-order valence-corrected chi connectivity index (χ3v) is 3.56. The van der Waals surface area contributed by atoms with E-state index in [1.807, 2.05) is 37.3 Å². The molecule has 0 fully saturated rings. The molecule has 2 aromatic rings. The largest absolute Gasteiger partial charge is 0.492 e. The first-order valence-corrected chi connectivity index (χ1v) is 8.42. The molecule has 7 nitrogen and oxygen atoms in total. The van der Waals surface area contributed by atoms with Crippen LogP contribution in [-0.4, -0.2) is 39.0 Å². The fourth-order valence-electron chi connectivity index (χ4n) is 2.38. The van der Waals surface area contributed by atoms with E-state index < -0.39 is 0 Å². The van der Waals surface area contributed by atoms with Crippen molar-refractivity contribution >= 4 is 5.96 Å². The van der Waals surface area contributed by atoms with E-state index in [0.29, 0.717) is 19.7 Å². The van der Waals surface area contributed by atoms with Gasteiger partial charge in [-0.1, -0.05) is 0 Å². The molecule has 0 radical (unpaired) electrons. The molecule has 0 atom stereocenters. The fraction of sp³-hybridized carbons (Fsp3) is 0.389. The number of guanidine groups is 1. The number of ether oxygens (including phenoxy) is 3. The highest BCUT2D eigenvalue weighted by molar-refractivity contribution is 5.79. The maximum Gasteiger partial charge on any atom is 0.231 e. The number of rotatable bonds is 8. The predicted molar refractivity (Wildman–Crippen MR) is 94.5 cm³/mol. The van der Waals surface area contributed by atoms with Crippen LogP contribution in [-0.2, 0) is 6.42 Å². The number of nitrogens with zero attached hydrogens (tertiary/aromatic N) is 1. The monoisotopic (exact) mass is 345 g/mol. The molecule has 1 aliphatic rings. The molecule has 0 aliphatic carbocycles. The van der Waals surface area contributed by atoms with Crippen LogP contribution in [0.4, 0.5) is 0 Å². The summed E-state index contributed by atoms with van der Waals surface area (Å²) in [6, 6.07) is 9.40. The highest BCUT2D eigenvalue weighted by Crippen LogP contribution is 2.34. The van der Waals surface area contributed by atoms with Crippen molar-refractivity contribution in [1.29, 1.82) is 0 Å². The maximum absolute atomic E-state index is 5.73. The second kappa shape index (κ2) is 8.86. The van der Waals surface area contributed by atoms with E-state index in [4.69, 9.17) is 18.6 Å². The first kappa shape index (κ1) is 17.0. The first-order chi connectivity index (χ1) is 12.3. The van der Waals surface area contributed by atoms with Gasteiger partial charge in [-0.05, 0) is 31.2 Å². The van der Waals surface area contributed by atoms with Crippen LogP contribution < -0.4 is 24.8 Å². The molecule has 1 aromatic heterocycles. The molecule has 7 heteroatoms. The van der Waals surface area contributed by atoms with Gasteiger partial charge in [-0.15, -0.1) is 0 Å². The van der Waals surface area contributed by atoms with Crippen molar-refractivity contribution in [2.45, 2.75) is 13.3 Å². The zero-order valence-electron chi connectivity index (χ0n) is 14.3. The van der Waals surface area contributed by atoms with Gasteiger partial charge in [-0.3, -0.25) is 4.99 Å². The molecule has 134 valence electrons. The summed E-state index contributed by atoms with van der Waals surface area (Å²) in [5.41, 5.74) is 0. The van der Waals surface area contributed by atoms with Crippen molar-refractivity contribution < 1.29 is 18.6 Å². The lowest BCUT2D eigenvalue weighted by Crippen LogP contribution is -2.39. The van der Waals surface area contributed by atoms with Crippen LogP contribution in [0.3, 0.4) is 0 Å². The predicted octanol–water partition coefficient (Wildman–Crippen LogP) is 2.18. The van der Waals surface area contributed by atoms with Crippen LogP contribution in [0.2, 0.25) is 0 Å². The number of fused-ring (bicyclic) bond motifs is 1. The minimum atomic E-state index is 0.265. The zero-order valence-corrected chi connectivity index (χ0v) is 14.3. The van der Waals surface area contributed by atoms with E-state index >= 15 is 0 Å². The average Bonchev–Trinajstić information content (AvgIpc) is 3.29. The van der Waals surface area contributed by atoms with Crippen LogP contribution in [0.25, 0.3) is 0 Å². The smallest absolute Gasteiger partial charge is 0.231 e. The second-order valence-electron chi connectivity index (χ2n) is 5.38. The summed E-state index contributed by atoms with van der Waals surface area (Å²) in [5, 5.41) is 6.46. The summed E-state index contributed by atoms with van der Waals surface area (Å²) in [7, 11) is 0. The lowest BCUT2D eigenvalue weighted by molar-refractivity contribution is 0.173. The Balaban J connectivity index is 1.40. The lowest BCUT2D eigenvalue weighted by atomic mass is 10.3. The normalized spacial score (nSPS) is 12.9. The van der Waals surface area contributed by atoms with E-state index in [1.165, 1.54) is 0 Å². The number of benzene rings is 1.